The predicted octanol–water partition coefficient (Wildman–Crippen LogP) is 0.959. The van der Waals surface area contributed by atoms with Gasteiger partial charge < -0.3 is 9.73 Å². The summed E-state index contributed by atoms with van der Waals surface area (Å²) in [5, 5.41) is 10.0. The number of nitrogens with one attached hydrogen (secondary N) is 2. The zero-order valence-electron chi connectivity index (χ0n) is 12.4. The molecule has 0 radical (unpaired) electrons. The van der Waals surface area contributed by atoms with Crippen LogP contribution in [-0.4, -0.2) is 49.3 Å². The highest BCUT2D eigenvalue weighted by Crippen LogP contribution is 2.23. The van der Waals surface area contributed by atoms with Crippen LogP contribution >= 0.6 is 0 Å². The van der Waals surface area contributed by atoms with Crippen LogP contribution in [0.2, 0.25) is 0 Å². The first kappa shape index (κ1) is 15.7. The van der Waals surface area contributed by atoms with Crippen LogP contribution in [0.5, 0.6) is 0 Å². The van der Waals surface area contributed by atoms with Crippen LogP contribution < -0.4 is 5.32 Å². The van der Waals surface area contributed by atoms with E-state index in [4.69, 9.17) is 4.42 Å². The molecule has 2 aromatic rings. The Morgan fingerprint density at radius 3 is 2.76 bits per heavy atom. The number of nitrogens with zero attached hydrogens (tertiary/aromatic N) is 2. The quantitative estimate of drug-likeness (QED) is 0.743. The molecule has 0 aliphatic heterocycles. The second kappa shape index (κ2) is 6.42. The van der Waals surface area contributed by atoms with Gasteiger partial charge in [0.2, 0.25) is 10.0 Å². The molecular formula is C13H20N4O3S. The molecule has 2 N–H and O–H groups in total. The van der Waals surface area contributed by atoms with Crippen LogP contribution in [0.25, 0.3) is 11.5 Å². The molecule has 2 heterocycles. The molecule has 0 saturated carbocycles. The lowest BCUT2D eigenvalue weighted by Gasteiger charge is -2.11. The van der Waals surface area contributed by atoms with Crippen molar-refractivity contribution in [3.8, 4) is 11.5 Å². The molecule has 21 heavy (non-hydrogen) atoms. The Morgan fingerprint density at radius 2 is 2.14 bits per heavy atom. The summed E-state index contributed by atoms with van der Waals surface area (Å²) in [5.41, 5.74) is 1.75. The molecule has 0 spiro atoms. The van der Waals surface area contributed by atoms with Gasteiger partial charge in [-0.1, -0.05) is 0 Å². The largest absolute Gasteiger partial charge is 0.460 e. The Labute approximate surface area is 124 Å². The van der Waals surface area contributed by atoms with Crippen LogP contribution in [0.1, 0.15) is 11.3 Å². The maximum atomic E-state index is 11.6. The zero-order chi connectivity index (χ0) is 15.5. The smallest absolute Gasteiger partial charge is 0.214 e. The molecule has 2 rings (SSSR count). The predicted molar refractivity (Wildman–Crippen MR) is 80.2 cm³/mol. The van der Waals surface area contributed by atoms with E-state index in [9.17, 15) is 8.42 Å². The molecule has 0 saturated heterocycles. The molecular weight excluding hydrogens is 292 g/mol. The lowest BCUT2D eigenvalue weighted by Crippen LogP contribution is -2.31. The van der Waals surface area contributed by atoms with Gasteiger partial charge >= 0.3 is 0 Å². The van der Waals surface area contributed by atoms with E-state index in [0.717, 1.165) is 22.8 Å². The number of aromatic amines is 1. The molecule has 0 bridgehead atoms. The number of hydrogen-bond donors (Lipinski definition) is 2. The standard InChI is InChI=1S/C13H20N4O3S/c1-10-4-5-12(20-10)13-11(9-15-16-13)8-14-6-7-21(18,19)17(2)3/h4-5,9,14H,6-8H2,1-3H3,(H,15,16). The fourth-order valence-corrected chi connectivity index (χ4v) is 2.60. The summed E-state index contributed by atoms with van der Waals surface area (Å²) in [4.78, 5) is 0. The summed E-state index contributed by atoms with van der Waals surface area (Å²) in [7, 11) is -0.108. The molecule has 0 aliphatic carbocycles. The molecule has 0 atom stereocenters. The Bertz CT molecular complexity index is 688. The van der Waals surface area contributed by atoms with Gasteiger partial charge in [-0.05, 0) is 19.1 Å². The average molecular weight is 312 g/mol. The fourth-order valence-electron chi connectivity index (χ4n) is 1.83. The first-order valence-corrected chi connectivity index (χ1v) is 8.21. The van der Waals surface area contributed by atoms with E-state index in [1.165, 1.54) is 18.4 Å². The number of aromatic nitrogens is 2. The van der Waals surface area contributed by atoms with Crippen molar-refractivity contribution in [2.24, 2.45) is 0 Å². The molecule has 7 nitrogen and oxygen atoms in total. The molecule has 0 unspecified atom stereocenters. The maximum Gasteiger partial charge on any atom is 0.214 e. The highest BCUT2D eigenvalue weighted by Gasteiger charge is 2.14. The molecule has 0 fully saturated rings. The highest BCUT2D eigenvalue weighted by molar-refractivity contribution is 7.89. The third-order valence-corrected chi connectivity index (χ3v) is 4.95. The highest BCUT2D eigenvalue weighted by atomic mass is 32.2. The Balaban J connectivity index is 1.92. The van der Waals surface area contributed by atoms with Crippen LogP contribution in [0, 0.1) is 6.92 Å². The van der Waals surface area contributed by atoms with Gasteiger partial charge in [-0.3, -0.25) is 5.10 Å². The van der Waals surface area contributed by atoms with Crippen LogP contribution in [0.15, 0.2) is 22.7 Å². The van der Waals surface area contributed by atoms with E-state index >= 15 is 0 Å². The van der Waals surface area contributed by atoms with Crippen molar-refractivity contribution in [1.82, 2.24) is 19.8 Å². The van der Waals surface area contributed by atoms with Gasteiger partial charge in [-0.15, -0.1) is 0 Å². The number of hydrogen-bond acceptors (Lipinski definition) is 5. The van der Waals surface area contributed by atoms with Gasteiger partial charge in [0, 0.05) is 32.7 Å². The minimum Gasteiger partial charge on any atom is -0.460 e. The fraction of sp³-hybridized carbons (Fsp3) is 0.462. The summed E-state index contributed by atoms with van der Waals surface area (Å²) < 4.78 is 30.1. The Hall–Kier alpha value is -1.64. The number of sulfonamides is 1. The number of rotatable bonds is 7. The lowest BCUT2D eigenvalue weighted by atomic mass is 10.2. The summed E-state index contributed by atoms with van der Waals surface area (Å²) in [5.74, 6) is 1.62. The SMILES string of the molecule is Cc1ccc(-c2[nH]ncc2CNCCS(=O)(=O)N(C)C)o1. The molecule has 0 amide bonds. The van der Waals surface area contributed by atoms with Crippen molar-refractivity contribution in [2.45, 2.75) is 13.5 Å². The van der Waals surface area contributed by atoms with E-state index in [2.05, 4.69) is 15.5 Å². The van der Waals surface area contributed by atoms with Gasteiger partial charge in [0.15, 0.2) is 5.76 Å². The summed E-state index contributed by atoms with van der Waals surface area (Å²) in [6.45, 7) is 2.78. The van der Waals surface area contributed by atoms with Crippen molar-refractivity contribution < 1.29 is 12.8 Å². The second-order valence-corrected chi connectivity index (χ2v) is 7.26. The first-order valence-electron chi connectivity index (χ1n) is 6.60. The molecule has 0 aromatic carbocycles. The van der Waals surface area contributed by atoms with E-state index in [0.29, 0.717) is 13.1 Å². The van der Waals surface area contributed by atoms with Crippen molar-refractivity contribution in [3.05, 3.63) is 29.7 Å². The van der Waals surface area contributed by atoms with Gasteiger partial charge in [0.05, 0.1) is 11.9 Å². The second-order valence-electron chi connectivity index (χ2n) is 4.96. The van der Waals surface area contributed by atoms with Gasteiger partial charge in [-0.25, -0.2) is 12.7 Å². The lowest BCUT2D eigenvalue weighted by molar-refractivity contribution is 0.517. The van der Waals surface area contributed by atoms with Gasteiger partial charge in [0.25, 0.3) is 0 Å². The molecule has 0 aliphatic rings. The molecule has 116 valence electrons. The third-order valence-electron chi connectivity index (χ3n) is 3.11. The van der Waals surface area contributed by atoms with Crippen molar-refractivity contribution in [2.75, 3.05) is 26.4 Å². The topological polar surface area (TPSA) is 91.2 Å². The maximum absolute atomic E-state index is 11.6. The number of H-pyrrole nitrogens is 1. The van der Waals surface area contributed by atoms with E-state index in [1.807, 2.05) is 19.1 Å². The number of furan rings is 1. The van der Waals surface area contributed by atoms with Crippen molar-refractivity contribution in [3.63, 3.8) is 0 Å². The van der Waals surface area contributed by atoms with Crippen LogP contribution in [0.4, 0.5) is 0 Å². The summed E-state index contributed by atoms with van der Waals surface area (Å²) in [6.07, 6.45) is 1.71. The van der Waals surface area contributed by atoms with E-state index in [1.54, 1.807) is 6.20 Å². The minimum atomic E-state index is -3.17. The summed E-state index contributed by atoms with van der Waals surface area (Å²) in [6, 6.07) is 3.76. The molecule has 2 aromatic heterocycles. The zero-order valence-corrected chi connectivity index (χ0v) is 13.2. The van der Waals surface area contributed by atoms with Gasteiger partial charge in [0.1, 0.15) is 11.5 Å². The Morgan fingerprint density at radius 1 is 1.38 bits per heavy atom. The van der Waals surface area contributed by atoms with Gasteiger partial charge in [-0.2, -0.15) is 5.10 Å². The van der Waals surface area contributed by atoms with Crippen LogP contribution in [-0.2, 0) is 16.6 Å². The van der Waals surface area contributed by atoms with E-state index < -0.39 is 10.0 Å². The van der Waals surface area contributed by atoms with Crippen LogP contribution in [0.3, 0.4) is 0 Å². The van der Waals surface area contributed by atoms with Crippen molar-refractivity contribution in [1.29, 1.82) is 0 Å². The normalized spacial score (nSPS) is 12.2. The third kappa shape index (κ3) is 3.93. The summed E-state index contributed by atoms with van der Waals surface area (Å²) >= 11 is 0. The first-order chi connectivity index (χ1) is 9.90. The Kier molecular flexibility index (Phi) is 4.81. The van der Waals surface area contributed by atoms with E-state index in [-0.39, 0.29) is 5.75 Å². The monoisotopic (exact) mass is 312 g/mol. The number of aryl methyl sites for hydroxylation is 1. The average Bonchev–Trinajstić information content (AvgIpc) is 3.02. The minimum absolute atomic E-state index is 0.0625. The molecule has 8 heteroatoms. The van der Waals surface area contributed by atoms with Crippen molar-refractivity contribution >= 4 is 10.0 Å².